The highest BCUT2D eigenvalue weighted by Gasteiger charge is 2.09. The number of Topliss-reactive ketones (excluding diaryl/α,β-unsaturated/α-hetero) is 1. The van der Waals surface area contributed by atoms with Crippen molar-refractivity contribution in [1.29, 1.82) is 0 Å². The van der Waals surface area contributed by atoms with Crippen LogP contribution >= 0.6 is 0 Å². The predicted molar refractivity (Wildman–Crippen MR) is 80.7 cm³/mol. The third kappa shape index (κ3) is 4.00. The number of rotatable bonds is 6. The van der Waals surface area contributed by atoms with Crippen molar-refractivity contribution in [3.63, 3.8) is 0 Å². The van der Waals surface area contributed by atoms with Crippen LogP contribution in [-0.2, 0) is 6.54 Å². The molecule has 0 aliphatic heterocycles. The molecule has 20 heavy (non-hydrogen) atoms. The summed E-state index contributed by atoms with van der Waals surface area (Å²) in [6.07, 6.45) is 4.17. The van der Waals surface area contributed by atoms with Gasteiger partial charge in [-0.1, -0.05) is 30.3 Å². The molecule has 1 aromatic carbocycles. The molecule has 0 amide bonds. The summed E-state index contributed by atoms with van der Waals surface area (Å²) in [7, 11) is 2.03. The maximum atomic E-state index is 12.2. The van der Waals surface area contributed by atoms with Crippen LogP contribution in [0.4, 0.5) is 0 Å². The minimum atomic E-state index is 0.209. The molecule has 3 nitrogen and oxygen atoms in total. The number of hydrogen-bond donors (Lipinski definition) is 0. The van der Waals surface area contributed by atoms with Gasteiger partial charge in [-0.25, -0.2) is 0 Å². The molecule has 0 fully saturated rings. The van der Waals surface area contributed by atoms with Gasteiger partial charge in [0.25, 0.3) is 0 Å². The highest BCUT2D eigenvalue weighted by Crippen LogP contribution is 2.10. The summed E-state index contributed by atoms with van der Waals surface area (Å²) >= 11 is 0. The normalized spacial score (nSPS) is 10.8. The van der Waals surface area contributed by atoms with E-state index in [9.17, 15) is 4.79 Å². The molecule has 0 unspecified atom stereocenters. The van der Waals surface area contributed by atoms with E-state index in [4.69, 9.17) is 0 Å². The average molecular weight is 268 g/mol. The smallest absolute Gasteiger partial charge is 0.164 e. The third-order valence-corrected chi connectivity index (χ3v) is 3.34. The minimum Gasteiger partial charge on any atom is -0.302 e. The molecule has 104 valence electrons. The number of nitrogens with zero attached hydrogens (tertiary/aromatic N) is 2. The number of pyridine rings is 1. The fraction of sp³-hybridized carbons (Fsp3) is 0.294. The van der Waals surface area contributed by atoms with Crippen LogP contribution in [0.2, 0.25) is 0 Å². The summed E-state index contributed by atoms with van der Waals surface area (Å²) in [6, 6.07) is 11.7. The Balaban J connectivity index is 1.86. The van der Waals surface area contributed by atoms with E-state index in [2.05, 4.69) is 9.88 Å². The van der Waals surface area contributed by atoms with Crippen LogP contribution < -0.4 is 0 Å². The van der Waals surface area contributed by atoms with Gasteiger partial charge in [0.05, 0.1) is 0 Å². The lowest BCUT2D eigenvalue weighted by Crippen LogP contribution is -2.21. The van der Waals surface area contributed by atoms with Crippen LogP contribution in [-0.4, -0.2) is 29.3 Å². The molecule has 3 heteroatoms. The van der Waals surface area contributed by atoms with Crippen molar-refractivity contribution in [1.82, 2.24) is 9.88 Å². The first-order valence-corrected chi connectivity index (χ1v) is 6.83. The molecule has 0 aliphatic rings. The van der Waals surface area contributed by atoms with Crippen molar-refractivity contribution >= 4 is 5.78 Å². The van der Waals surface area contributed by atoms with E-state index in [1.807, 2.05) is 56.6 Å². The van der Waals surface area contributed by atoms with E-state index >= 15 is 0 Å². The molecule has 0 radical (unpaired) electrons. The van der Waals surface area contributed by atoms with E-state index in [1.54, 1.807) is 6.20 Å². The first-order valence-electron chi connectivity index (χ1n) is 6.83. The van der Waals surface area contributed by atoms with Gasteiger partial charge in [-0.3, -0.25) is 9.78 Å². The lowest BCUT2D eigenvalue weighted by atomic mass is 10.0. The largest absolute Gasteiger partial charge is 0.302 e. The second kappa shape index (κ2) is 6.96. The van der Waals surface area contributed by atoms with Gasteiger partial charge in [0.15, 0.2) is 5.78 Å². The Morgan fingerprint density at radius 3 is 2.70 bits per heavy atom. The monoisotopic (exact) mass is 268 g/mol. The van der Waals surface area contributed by atoms with E-state index in [0.29, 0.717) is 6.42 Å². The molecular weight excluding hydrogens is 248 g/mol. The number of hydrogen-bond acceptors (Lipinski definition) is 3. The second-order valence-corrected chi connectivity index (χ2v) is 5.09. The quantitative estimate of drug-likeness (QED) is 0.755. The van der Waals surface area contributed by atoms with Gasteiger partial charge in [-0.2, -0.15) is 0 Å². The molecule has 0 saturated heterocycles. The van der Waals surface area contributed by atoms with Crippen LogP contribution in [0.3, 0.4) is 0 Å². The molecule has 2 aromatic rings. The number of carbonyl (C=O) groups excluding carboxylic acids is 1. The lowest BCUT2D eigenvalue weighted by Gasteiger charge is -2.16. The average Bonchev–Trinajstić information content (AvgIpc) is 2.46. The highest BCUT2D eigenvalue weighted by atomic mass is 16.1. The summed E-state index contributed by atoms with van der Waals surface area (Å²) in [5.74, 6) is 0.209. The number of benzene rings is 1. The van der Waals surface area contributed by atoms with Crippen LogP contribution in [0.15, 0.2) is 48.8 Å². The SMILES string of the molecule is Cc1ccccc1C(=O)CCN(C)Cc1cccnc1. The first-order chi connectivity index (χ1) is 9.66. The molecule has 0 saturated carbocycles. The van der Waals surface area contributed by atoms with E-state index in [0.717, 1.165) is 24.2 Å². The van der Waals surface area contributed by atoms with E-state index in [1.165, 1.54) is 5.56 Å². The number of carbonyl (C=O) groups is 1. The van der Waals surface area contributed by atoms with Crippen molar-refractivity contribution in [2.24, 2.45) is 0 Å². The molecule has 1 heterocycles. The Hall–Kier alpha value is -2.00. The van der Waals surface area contributed by atoms with Gasteiger partial charge in [0.2, 0.25) is 0 Å². The van der Waals surface area contributed by atoms with Gasteiger partial charge < -0.3 is 4.90 Å². The zero-order valence-corrected chi connectivity index (χ0v) is 12.0. The van der Waals surface area contributed by atoms with Crippen molar-refractivity contribution in [2.45, 2.75) is 19.9 Å². The van der Waals surface area contributed by atoms with Crippen LogP contribution in [0.5, 0.6) is 0 Å². The molecule has 0 N–H and O–H groups in total. The van der Waals surface area contributed by atoms with Gasteiger partial charge in [-0.15, -0.1) is 0 Å². The molecule has 0 spiro atoms. The van der Waals surface area contributed by atoms with Gasteiger partial charge in [0.1, 0.15) is 0 Å². The molecule has 0 atom stereocenters. The summed E-state index contributed by atoms with van der Waals surface area (Å²) < 4.78 is 0. The molecule has 2 rings (SSSR count). The second-order valence-electron chi connectivity index (χ2n) is 5.09. The zero-order chi connectivity index (χ0) is 14.4. The zero-order valence-electron chi connectivity index (χ0n) is 12.0. The van der Waals surface area contributed by atoms with Gasteiger partial charge in [0, 0.05) is 37.5 Å². The van der Waals surface area contributed by atoms with Crippen LogP contribution in [0.25, 0.3) is 0 Å². The Bertz CT molecular complexity index is 566. The Kier molecular flexibility index (Phi) is 5.02. The number of ketones is 1. The Labute approximate surface area is 120 Å². The summed E-state index contributed by atoms with van der Waals surface area (Å²) in [5, 5.41) is 0. The Morgan fingerprint density at radius 1 is 1.20 bits per heavy atom. The van der Waals surface area contributed by atoms with E-state index < -0.39 is 0 Å². The van der Waals surface area contributed by atoms with Crippen molar-refractivity contribution in [3.05, 3.63) is 65.5 Å². The topological polar surface area (TPSA) is 33.2 Å². The Morgan fingerprint density at radius 2 is 2.00 bits per heavy atom. The van der Waals surface area contributed by atoms with Crippen LogP contribution in [0.1, 0.15) is 27.9 Å². The summed E-state index contributed by atoms with van der Waals surface area (Å²) in [6.45, 7) is 3.55. The maximum absolute atomic E-state index is 12.2. The first kappa shape index (κ1) is 14.4. The standard InChI is InChI=1S/C17H20N2O/c1-14-6-3-4-8-16(14)17(20)9-11-19(2)13-15-7-5-10-18-12-15/h3-8,10,12H,9,11,13H2,1-2H3. The highest BCUT2D eigenvalue weighted by molar-refractivity contribution is 5.97. The van der Waals surface area contributed by atoms with Crippen LogP contribution in [0, 0.1) is 6.92 Å². The third-order valence-electron chi connectivity index (χ3n) is 3.34. The van der Waals surface area contributed by atoms with Crippen molar-refractivity contribution in [2.75, 3.05) is 13.6 Å². The predicted octanol–water partition coefficient (Wildman–Crippen LogP) is 3.09. The summed E-state index contributed by atoms with van der Waals surface area (Å²) in [4.78, 5) is 18.4. The fourth-order valence-electron chi connectivity index (χ4n) is 2.20. The number of aryl methyl sites for hydroxylation is 1. The maximum Gasteiger partial charge on any atom is 0.164 e. The molecule has 1 aromatic heterocycles. The minimum absolute atomic E-state index is 0.209. The molecule has 0 bridgehead atoms. The molecule has 0 aliphatic carbocycles. The van der Waals surface area contributed by atoms with Gasteiger partial charge in [-0.05, 0) is 31.2 Å². The van der Waals surface area contributed by atoms with Crippen molar-refractivity contribution in [3.8, 4) is 0 Å². The van der Waals surface area contributed by atoms with Gasteiger partial charge >= 0.3 is 0 Å². The molecular formula is C17H20N2O. The van der Waals surface area contributed by atoms with E-state index in [-0.39, 0.29) is 5.78 Å². The fourth-order valence-corrected chi connectivity index (χ4v) is 2.20. The van der Waals surface area contributed by atoms with Crippen molar-refractivity contribution < 1.29 is 4.79 Å². The summed E-state index contributed by atoms with van der Waals surface area (Å²) in [5.41, 5.74) is 3.05. The number of aromatic nitrogens is 1. The lowest BCUT2D eigenvalue weighted by molar-refractivity contribution is 0.0967.